The smallest absolute Gasteiger partial charge is 0.290 e. The summed E-state index contributed by atoms with van der Waals surface area (Å²) < 4.78 is 1.86. The first-order chi connectivity index (χ1) is 15.1. The monoisotopic (exact) mass is 418 g/mol. The van der Waals surface area contributed by atoms with Crippen molar-refractivity contribution in [2.75, 3.05) is 0 Å². The van der Waals surface area contributed by atoms with Crippen molar-refractivity contribution in [2.24, 2.45) is 0 Å². The number of nitrogens with one attached hydrogen (secondary N) is 3. The van der Waals surface area contributed by atoms with Crippen molar-refractivity contribution >= 4 is 33.6 Å². The van der Waals surface area contributed by atoms with Crippen molar-refractivity contribution in [3.63, 3.8) is 0 Å². The van der Waals surface area contributed by atoms with Gasteiger partial charge in [0.05, 0.1) is 16.4 Å². The van der Waals surface area contributed by atoms with Crippen LogP contribution in [0.3, 0.4) is 0 Å². The van der Waals surface area contributed by atoms with E-state index in [1.54, 1.807) is 24.3 Å². The molecule has 2 heterocycles. The van der Waals surface area contributed by atoms with Gasteiger partial charge in [0.1, 0.15) is 12.4 Å². The van der Waals surface area contributed by atoms with Gasteiger partial charge < -0.3 is 4.57 Å². The summed E-state index contributed by atoms with van der Waals surface area (Å²) in [7, 11) is 0. The number of hydrogen-bond donors (Lipinski definition) is 3. The minimum absolute atomic E-state index is 0.0135. The second-order valence-corrected chi connectivity index (χ2v) is 7.16. The zero-order valence-electron chi connectivity index (χ0n) is 17.0. The Morgan fingerprint density at radius 1 is 1.03 bits per heavy atom. The molecule has 0 atom stereocenters. The number of aryl methyl sites for hydroxylation is 1. The van der Waals surface area contributed by atoms with Crippen LogP contribution in [0.2, 0.25) is 0 Å². The van der Waals surface area contributed by atoms with E-state index in [4.69, 9.17) is 0 Å². The zero-order chi connectivity index (χ0) is 21.8. The first-order valence-electron chi connectivity index (χ1n) is 10.1. The highest BCUT2D eigenvalue weighted by atomic mass is 16.2. The summed E-state index contributed by atoms with van der Waals surface area (Å²) in [5, 5.41) is 6.89. The van der Waals surface area contributed by atoms with Crippen LogP contribution < -0.4 is 16.4 Å². The Bertz CT molecular complexity index is 1320. The van der Waals surface area contributed by atoms with Crippen molar-refractivity contribution in [1.29, 1.82) is 0 Å². The number of aromatic amines is 1. The van der Waals surface area contributed by atoms with E-state index >= 15 is 0 Å². The van der Waals surface area contributed by atoms with Gasteiger partial charge in [-0.2, -0.15) is 5.10 Å². The minimum atomic E-state index is -0.623. The van der Waals surface area contributed by atoms with E-state index in [0.29, 0.717) is 10.8 Å². The molecule has 2 aromatic heterocycles. The topological polar surface area (TPSA) is 122 Å². The van der Waals surface area contributed by atoms with Crippen LogP contribution in [0, 0.1) is 0 Å². The summed E-state index contributed by atoms with van der Waals surface area (Å²) in [4.78, 5) is 41.7. The molecule has 158 valence electrons. The fraction of sp³-hybridized carbons (Fsp3) is 0.227. The fourth-order valence-electron chi connectivity index (χ4n) is 3.48. The standard InChI is InChI=1S/C22H22N6O3/c1-2-3-12-18-23-16-10-6-7-11-17(16)28(18)13-19(29)24-27-22(31)20-14-8-4-5-9-15(14)21(30)26-25-20/h4-11H,2-3,12-13H2,1H3,(H,24,29)(H,26,30)(H,27,31). The number of benzene rings is 2. The van der Waals surface area contributed by atoms with Crippen molar-refractivity contribution in [3.05, 3.63) is 70.4 Å². The SMILES string of the molecule is CCCCc1nc2ccccc2n1CC(=O)NNC(=O)c1n[nH]c(=O)c2ccccc12. The molecule has 2 amide bonds. The van der Waals surface area contributed by atoms with E-state index in [2.05, 4.69) is 33.0 Å². The summed E-state index contributed by atoms with van der Waals surface area (Å²) in [5.41, 5.74) is 6.13. The van der Waals surface area contributed by atoms with Gasteiger partial charge in [0.25, 0.3) is 17.4 Å². The average molecular weight is 418 g/mol. The van der Waals surface area contributed by atoms with Gasteiger partial charge in [-0.25, -0.2) is 10.1 Å². The van der Waals surface area contributed by atoms with Gasteiger partial charge in [-0.15, -0.1) is 0 Å². The van der Waals surface area contributed by atoms with Gasteiger partial charge in [-0.05, 0) is 24.6 Å². The molecule has 0 bridgehead atoms. The number of imidazole rings is 1. The highest BCUT2D eigenvalue weighted by Crippen LogP contribution is 2.17. The summed E-state index contributed by atoms with van der Waals surface area (Å²) in [6, 6.07) is 14.3. The predicted octanol–water partition coefficient (Wildman–Crippen LogP) is 2.08. The number of carbonyl (C=O) groups excluding carboxylic acids is 2. The molecule has 0 unspecified atom stereocenters. The molecule has 0 spiro atoms. The maximum Gasteiger partial charge on any atom is 0.290 e. The van der Waals surface area contributed by atoms with Crippen LogP contribution in [-0.4, -0.2) is 31.6 Å². The molecule has 0 radical (unpaired) electrons. The van der Waals surface area contributed by atoms with Crippen LogP contribution in [0.15, 0.2) is 53.3 Å². The number of carbonyl (C=O) groups is 2. The summed E-state index contributed by atoms with van der Waals surface area (Å²) >= 11 is 0. The highest BCUT2D eigenvalue weighted by Gasteiger charge is 2.16. The lowest BCUT2D eigenvalue weighted by atomic mass is 10.1. The van der Waals surface area contributed by atoms with Crippen molar-refractivity contribution < 1.29 is 9.59 Å². The molecular formula is C22H22N6O3. The largest absolute Gasteiger partial charge is 0.318 e. The number of unbranched alkanes of at least 4 members (excludes halogenated alkanes) is 1. The van der Waals surface area contributed by atoms with E-state index in [1.807, 2.05) is 28.8 Å². The average Bonchev–Trinajstić information content (AvgIpc) is 3.13. The normalized spacial score (nSPS) is 11.0. The predicted molar refractivity (Wildman–Crippen MR) is 116 cm³/mol. The Kier molecular flexibility index (Phi) is 5.74. The number of amides is 2. The molecule has 9 nitrogen and oxygen atoms in total. The maximum atomic E-state index is 12.6. The highest BCUT2D eigenvalue weighted by molar-refractivity contribution is 6.05. The number of hydrogen-bond acceptors (Lipinski definition) is 5. The quantitative estimate of drug-likeness (QED) is 0.414. The second kappa shape index (κ2) is 8.78. The molecule has 31 heavy (non-hydrogen) atoms. The molecule has 0 fully saturated rings. The molecule has 9 heteroatoms. The third-order valence-electron chi connectivity index (χ3n) is 5.02. The van der Waals surface area contributed by atoms with Crippen LogP contribution in [0.4, 0.5) is 0 Å². The van der Waals surface area contributed by atoms with Crippen LogP contribution in [0.25, 0.3) is 21.8 Å². The molecule has 0 saturated carbocycles. The molecule has 0 aliphatic rings. The Morgan fingerprint density at radius 2 is 1.77 bits per heavy atom. The number of nitrogens with zero attached hydrogens (tertiary/aromatic N) is 3. The summed E-state index contributed by atoms with van der Waals surface area (Å²) in [6.45, 7) is 2.11. The third-order valence-corrected chi connectivity index (χ3v) is 5.02. The number of fused-ring (bicyclic) bond motifs is 2. The molecule has 4 aromatic rings. The summed E-state index contributed by atoms with van der Waals surface area (Å²) in [5.74, 6) is -0.191. The molecule has 0 aliphatic heterocycles. The Labute approximate surface area is 177 Å². The van der Waals surface area contributed by atoms with E-state index in [0.717, 1.165) is 36.1 Å². The second-order valence-electron chi connectivity index (χ2n) is 7.16. The van der Waals surface area contributed by atoms with Crippen molar-refractivity contribution in [1.82, 2.24) is 30.6 Å². The van der Waals surface area contributed by atoms with E-state index in [1.165, 1.54) is 0 Å². The summed E-state index contributed by atoms with van der Waals surface area (Å²) in [6.07, 6.45) is 2.75. The van der Waals surface area contributed by atoms with Gasteiger partial charge in [0, 0.05) is 11.8 Å². The van der Waals surface area contributed by atoms with Gasteiger partial charge in [-0.3, -0.25) is 25.2 Å². The number of H-pyrrole nitrogens is 1. The number of para-hydroxylation sites is 2. The fourth-order valence-corrected chi connectivity index (χ4v) is 3.48. The first-order valence-corrected chi connectivity index (χ1v) is 10.1. The van der Waals surface area contributed by atoms with Crippen LogP contribution in [0.1, 0.15) is 36.1 Å². The molecule has 0 aliphatic carbocycles. The van der Waals surface area contributed by atoms with E-state index < -0.39 is 11.8 Å². The molecular weight excluding hydrogens is 396 g/mol. The zero-order valence-corrected chi connectivity index (χ0v) is 17.0. The van der Waals surface area contributed by atoms with E-state index in [9.17, 15) is 14.4 Å². The van der Waals surface area contributed by atoms with Crippen LogP contribution in [-0.2, 0) is 17.8 Å². The van der Waals surface area contributed by atoms with Crippen molar-refractivity contribution in [2.45, 2.75) is 32.7 Å². The lowest BCUT2D eigenvalue weighted by Gasteiger charge is -2.11. The Hall–Kier alpha value is -4.01. The van der Waals surface area contributed by atoms with E-state index in [-0.39, 0.29) is 17.8 Å². The first kappa shape index (κ1) is 20.3. The Balaban J connectivity index is 1.50. The van der Waals surface area contributed by atoms with Gasteiger partial charge >= 0.3 is 0 Å². The van der Waals surface area contributed by atoms with Gasteiger partial charge in [0.2, 0.25) is 0 Å². The maximum absolute atomic E-state index is 12.6. The molecule has 0 saturated heterocycles. The lowest BCUT2D eigenvalue weighted by molar-refractivity contribution is -0.122. The molecule has 3 N–H and O–H groups in total. The lowest BCUT2D eigenvalue weighted by Crippen LogP contribution is -2.43. The van der Waals surface area contributed by atoms with Gasteiger partial charge in [-0.1, -0.05) is 43.7 Å². The van der Waals surface area contributed by atoms with Crippen LogP contribution >= 0.6 is 0 Å². The molecule has 2 aromatic carbocycles. The van der Waals surface area contributed by atoms with Gasteiger partial charge in [0.15, 0.2) is 5.69 Å². The third kappa shape index (κ3) is 4.16. The number of aromatic nitrogens is 4. The number of hydrazine groups is 1. The van der Waals surface area contributed by atoms with Crippen molar-refractivity contribution in [3.8, 4) is 0 Å². The minimum Gasteiger partial charge on any atom is -0.318 e. The number of rotatable bonds is 6. The van der Waals surface area contributed by atoms with Crippen LogP contribution in [0.5, 0.6) is 0 Å². The Morgan fingerprint density at radius 3 is 2.58 bits per heavy atom. The molecule has 4 rings (SSSR count).